The molecule has 2 aromatic rings. The van der Waals surface area contributed by atoms with Crippen LogP contribution in [0, 0.1) is 6.92 Å². The summed E-state index contributed by atoms with van der Waals surface area (Å²) in [7, 11) is -3.81. The Morgan fingerprint density at radius 1 is 1.30 bits per heavy atom. The predicted octanol–water partition coefficient (Wildman–Crippen LogP) is 2.90. The minimum absolute atomic E-state index is 0.107. The monoisotopic (exact) mass is 376 g/mol. The van der Waals surface area contributed by atoms with E-state index >= 15 is 0 Å². The van der Waals surface area contributed by atoms with Crippen molar-refractivity contribution in [2.45, 2.75) is 11.8 Å². The lowest BCUT2D eigenvalue weighted by Crippen LogP contribution is -2.16. The largest absolute Gasteiger partial charge is 0.326 e. The Morgan fingerprint density at radius 3 is 2.60 bits per heavy atom. The molecule has 5 nitrogen and oxygen atoms in total. The molecular formula is C12H10BrClN2O3S. The molecule has 1 heterocycles. The summed E-state index contributed by atoms with van der Waals surface area (Å²) in [5, 5.41) is -0.180. The topological polar surface area (TPSA) is 79.0 Å². The van der Waals surface area contributed by atoms with Crippen LogP contribution in [0.1, 0.15) is 5.56 Å². The SMILES string of the molecule is Cc1cc(Br)ccc1NS(=O)(=O)c1c[nH]c(=O)c(Cl)c1. The van der Waals surface area contributed by atoms with E-state index in [0.29, 0.717) is 5.69 Å². The third kappa shape index (κ3) is 3.23. The summed E-state index contributed by atoms with van der Waals surface area (Å²) < 4.78 is 27.7. The summed E-state index contributed by atoms with van der Waals surface area (Å²) >= 11 is 8.94. The van der Waals surface area contributed by atoms with Crippen LogP contribution in [0.15, 0.2) is 44.6 Å². The molecule has 0 unspecified atom stereocenters. The molecule has 0 saturated heterocycles. The zero-order valence-electron chi connectivity index (χ0n) is 10.3. The average Bonchev–Trinajstić information content (AvgIpc) is 2.36. The van der Waals surface area contributed by atoms with Gasteiger partial charge >= 0.3 is 0 Å². The summed E-state index contributed by atoms with van der Waals surface area (Å²) in [6.45, 7) is 1.78. The van der Waals surface area contributed by atoms with E-state index in [1.165, 1.54) is 0 Å². The van der Waals surface area contributed by atoms with Gasteiger partial charge in [-0.1, -0.05) is 27.5 Å². The third-order valence-corrected chi connectivity index (χ3v) is 4.69. The molecule has 0 radical (unpaired) electrons. The lowest BCUT2D eigenvalue weighted by molar-refractivity contribution is 0.600. The van der Waals surface area contributed by atoms with Gasteiger partial charge in [0.05, 0.1) is 5.69 Å². The highest BCUT2D eigenvalue weighted by molar-refractivity contribution is 9.10. The summed E-state index contributed by atoms with van der Waals surface area (Å²) in [4.78, 5) is 13.3. The van der Waals surface area contributed by atoms with Gasteiger partial charge in [0.25, 0.3) is 15.6 Å². The number of hydrogen-bond donors (Lipinski definition) is 2. The number of rotatable bonds is 3. The maximum atomic E-state index is 12.2. The number of sulfonamides is 1. The molecule has 0 fully saturated rings. The molecule has 0 saturated carbocycles. The van der Waals surface area contributed by atoms with Crippen molar-refractivity contribution < 1.29 is 8.42 Å². The summed E-state index contributed by atoms with van der Waals surface area (Å²) in [5.41, 5.74) is 0.680. The Kier molecular flexibility index (Phi) is 4.22. The van der Waals surface area contributed by atoms with Gasteiger partial charge in [-0.05, 0) is 36.8 Å². The van der Waals surface area contributed by atoms with Crippen molar-refractivity contribution in [2.24, 2.45) is 0 Å². The zero-order valence-corrected chi connectivity index (χ0v) is 13.4. The molecule has 106 valence electrons. The molecule has 0 aliphatic rings. The molecule has 2 N–H and O–H groups in total. The fourth-order valence-electron chi connectivity index (χ4n) is 1.54. The highest BCUT2D eigenvalue weighted by Gasteiger charge is 2.16. The van der Waals surface area contributed by atoms with Crippen molar-refractivity contribution in [3.63, 3.8) is 0 Å². The fourth-order valence-corrected chi connectivity index (χ4v) is 3.37. The molecule has 0 bridgehead atoms. The van der Waals surface area contributed by atoms with E-state index in [-0.39, 0.29) is 9.92 Å². The van der Waals surface area contributed by atoms with Crippen LogP contribution in [-0.2, 0) is 10.0 Å². The van der Waals surface area contributed by atoms with Gasteiger partial charge in [0.2, 0.25) is 0 Å². The van der Waals surface area contributed by atoms with Crippen molar-refractivity contribution >= 4 is 43.2 Å². The summed E-state index contributed by atoms with van der Waals surface area (Å²) in [6.07, 6.45) is 1.10. The van der Waals surface area contributed by atoms with E-state index in [9.17, 15) is 13.2 Å². The van der Waals surface area contributed by atoms with Gasteiger partial charge in [-0.3, -0.25) is 9.52 Å². The van der Waals surface area contributed by atoms with E-state index in [1.807, 2.05) is 0 Å². The number of hydrogen-bond acceptors (Lipinski definition) is 3. The first-order chi connectivity index (χ1) is 9.29. The van der Waals surface area contributed by atoms with Crippen LogP contribution in [-0.4, -0.2) is 13.4 Å². The van der Waals surface area contributed by atoms with E-state index < -0.39 is 15.6 Å². The maximum absolute atomic E-state index is 12.2. The first kappa shape index (κ1) is 15.1. The lowest BCUT2D eigenvalue weighted by atomic mass is 10.2. The minimum atomic E-state index is -3.81. The molecule has 20 heavy (non-hydrogen) atoms. The van der Waals surface area contributed by atoms with Gasteiger partial charge in [0.15, 0.2) is 0 Å². The van der Waals surface area contributed by atoms with Crippen LogP contribution in [0.5, 0.6) is 0 Å². The number of aromatic nitrogens is 1. The fraction of sp³-hybridized carbons (Fsp3) is 0.0833. The van der Waals surface area contributed by atoms with Crippen LogP contribution in [0.3, 0.4) is 0 Å². The van der Waals surface area contributed by atoms with Crippen molar-refractivity contribution in [1.29, 1.82) is 0 Å². The van der Waals surface area contributed by atoms with Crippen molar-refractivity contribution in [1.82, 2.24) is 4.98 Å². The lowest BCUT2D eigenvalue weighted by Gasteiger charge is -2.10. The summed E-state index contributed by atoms with van der Waals surface area (Å²) in [5.74, 6) is 0. The van der Waals surface area contributed by atoms with Crippen molar-refractivity contribution in [3.8, 4) is 0 Å². The van der Waals surface area contributed by atoms with E-state index in [4.69, 9.17) is 11.6 Å². The number of anilines is 1. The number of aromatic amines is 1. The van der Waals surface area contributed by atoms with E-state index in [2.05, 4.69) is 25.6 Å². The number of halogens is 2. The van der Waals surface area contributed by atoms with E-state index in [1.54, 1.807) is 25.1 Å². The predicted molar refractivity (Wildman–Crippen MR) is 81.8 cm³/mol. The number of nitrogens with one attached hydrogen (secondary N) is 2. The number of aryl methyl sites for hydroxylation is 1. The molecule has 0 atom stereocenters. The van der Waals surface area contributed by atoms with Crippen LogP contribution in [0.25, 0.3) is 0 Å². The molecule has 0 spiro atoms. The summed E-state index contributed by atoms with van der Waals surface area (Å²) in [6, 6.07) is 6.27. The Bertz CT molecular complexity index is 818. The Labute approximate surface area is 129 Å². The van der Waals surface area contributed by atoms with Crippen LogP contribution in [0.4, 0.5) is 5.69 Å². The number of benzene rings is 1. The van der Waals surface area contributed by atoms with Gasteiger partial charge in [0, 0.05) is 10.7 Å². The second-order valence-electron chi connectivity index (χ2n) is 4.08. The van der Waals surface area contributed by atoms with Crippen LogP contribution in [0.2, 0.25) is 5.02 Å². The Morgan fingerprint density at radius 2 is 2.00 bits per heavy atom. The smallest absolute Gasteiger partial charge is 0.266 e. The molecule has 2 rings (SSSR count). The van der Waals surface area contributed by atoms with Gasteiger partial charge in [-0.25, -0.2) is 8.42 Å². The maximum Gasteiger partial charge on any atom is 0.266 e. The molecule has 0 amide bonds. The molecule has 1 aromatic heterocycles. The molecule has 0 aliphatic carbocycles. The second kappa shape index (κ2) is 5.59. The molecule has 8 heteroatoms. The minimum Gasteiger partial charge on any atom is -0.326 e. The van der Waals surface area contributed by atoms with Gasteiger partial charge < -0.3 is 4.98 Å². The highest BCUT2D eigenvalue weighted by atomic mass is 79.9. The number of pyridine rings is 1. The van der Waals surface area contributed by atoms with E-state index in [0.717, 1.165) is 22.3 Å². The van der Waals surface area contributed by atoms with Crippen LogP contribution < -0.4 is 10.3 Å². The molecule has 0 aliphatic heterocycles. The first-order valence-corrected chi connectivity index (χ1v) is 8.12. The van der Waals surface area contributed by atoms with Crippen molar-refractivity contribution in [2.75, 3.05) is 4.72 Å². The molecular weight excluding hydrogens is 368 g/mol. The Balaban J connectivity index is 2.40. The van der Waals surface area contributed by atoms with Gasteiger partial charge in [-0.15, -0.1) is 0 Å². The Hall–Kier alpha value is -1.31. The zero-order chi connectivity index (χ0) is 14.9. The van der Waals surface area contributed by atoms with Crippen LogP contribution >= 0.6 is 27.5 Å². The average molecular weight is 378 g/mol. The number of H-pyrrole nitrogens is 1. The van der Waals surface area contributed by atoms with Gasteiger partial charge in [0.1, 0.15) is 9.92 Å². The quantitative estimate of drug-likeness (QED) is 0.863. The first-order valence-electron chi connectivity index (χ1n) is 5.47. The second-order valence-corrected chi connectivity index (χ2v) is 7.08. The van der Waals surface area contributed by atoms with Gasteiger partial charge in [-0.2, -0.15) is 0 Å². The third-order valence-electron chi connectivity index (χ3n) is 2.57. The molecule has 1 aromatic carbocycles. The normalized spacial score (nSPS) is 11.3. The highest BCUT2D eigenvalue weighted by Crippen LogP contribution is 2.23. The standard InChI is InChI=1S/C12H10BrClN2O3S/c1-7-4-8(13)2-3-11(7)16-20(18,19)9-5-10(14)12(17)15-6-9/h2-6,16H,1H3,(H,15,17). The van der Waals surface area contributed by atoms with Crippen molar-refractivity contribution in [3.05, 3.63) is 55.9 Å².